The molecule has 2 atom stereocenters. The smallest absolute Gasteiger partial charge is 0.220 e. The number of benzene rings is 1. The molecule has 4 heteroatoms. The summed E-state index contributed by atoms with van der Waals surface area (Å²) in [5.41, 5.74) is 0. The first-order valence-electron chi connectivity index (χ1n) is 8.25. The Bertz CT molecular complexity index is 635. The van der Waals surface area contributed by atoms with Crippen molar-refractivity contribution in [3.05, 3.63) is 54.0 Å². The molecule has 0 unspecified atom stereocenters. The zero-order valence-corrected chi connectivity index (χ0v) is 13.5. The summed E-state index contributed by atoms with van der Waals surface area (Å²) in [7, 11) is 0. The van der Waals surface area contributed by atoms with Gasteiger partial charge in [-0.1, -0.05) is 25.1 Å². The molecule has 23 heavy (non-hydrogen) atoms. The Kier molecular flexibility index (Phi) is 5.01. The van der Waals surface area contributed by atoms with Gasteiger partial charge in [-0.15, -0.1) is 0 Å². The summed E-state index contributed by atoms with van der Waals surface area (Å²) in [4.78, 5) is 11.8. The van der Waals surface area contributed by atoms with Gasteiger partial charge >= 0.3 is 0 Å². The Hall–Kier alpha value is -2.23. The lowest BCUT2D eigenvalue weighted by Crippen LogP contribution is -2.28. The number of hydrogen-bond donors (Lipinski definition) is 1. The van der Waals surface area contributed by atoms with Gasteiger partial charge in [0.1, 0.15) is 23.9 Å². The fourth-order valence-electron chi connectivity index (χ4n) is 2.65. The van der Waals surface area contributed by atoms with Gasteiger partial charge in [-0.25, -0.2) is 0 Å². The van der Waals surface area contributed by atoms with E-state index >= 15 is 0 Å². The average molecular weight is 313 g/mol. The van der Waals surface area contributed by atoms with E-state index in [0.29, 0.717) is 31.9 Å². The normalized spacial score (nSPS) is 19.3. The SMILES string of the molecule is C[C@H]1C[C@@H]1c1ccc(CCC(=O)NCCOc2ccccc2)o1. The summed E-state index contributed by atoms with van der Waals surface area (Å²) >= 11 is 0. The minimum absolute atomic E-state index is 0.0272. The maximum atomic E-state index is 11.8. The Morgan fingerprint density at radius 3 is 2.78 bits per heavy atom. The van der Waals surface area contributed by atoms with Crippen LogP contribution in [0.2, 0.25) is 0 Å². The van der Waals surface area contributed by atoms with Crippen molar-refractivity contribution in [3.8, 4) is 5.75 Å². The largest absolute Gasteiger partial charge is 0.492 e. The second-order valence-corrected chi connectivity index (χ2v) is 6.14. The molecule has 0 bridgehead atoms. The monoisotopic (exact) mass is 313 g/mol. The van der Waals surface area contributed by atoms with Crippen LogP contribution in [0.15, 0.2) is 46.9 Å². The van der Waals surface area contributed by atoms with Crippen LogP contribution in [0.3, 0.4) is 0 Å². The minimum Gasteiger partial charge on any atom is -0.492 e. The summed E-state index contributed by atoms with van der Waals surface area (Å²) in [6.07, 6.45) is 2.31. The highest BCUT2D eigenvalue weighted by atomic mass is 16.5. The quantitative estimate of drug-likeness (QED) is 0.759. The molecule has 1 fully saturated rings. The van der Waals surface area contributed by atoms with Crippen LogP contribution in [0, 0.1) is 5.92 Å². The third kappa shape index (κ3) is 4.62. The van der Waals surface area contributed by atoms with Crippen LogP contribution in [0.4, 0.5) is 0 Å². The van der Waals surface area contributed by atoms with Gasteiger partial charge in [0, 0.05) is 18.8 Å². The number of para-hydroxylation sites is 1. The Morgan fingerprint density at radius 1 is 1.26 bits per heavy atom. The molecule has 1 aliphatic carbocycles. The molecular weight excluding hydrogens is 290 g/mol. The van der Waals surface area contributed by atoms with Crippen LogP contribution in [0.25, 0.3) is 0 Å². The lowest BCUT2D eigenvalue weighted by atomic mass is 10.2. The molecule has 1 aliphatic rings. The third-order valence-corrected chi connectivity index (χ3v) is 4.19. The predicted octanol–water partition coefficient (Wildman–Crippen LogP) is 3.53. The standard InChI is InChI=1S/C19H23NO3/c1-14-13-17(14)18-9-7-16(23-18)8-10-19(21)20-11-12-22-15-5-3-2-4-6-15/h2-7,9,14,17H,8,10-13H2,1H3,(H,20,21)/t14-,17-/m0/s1. The molecule has 1 amide bonds. The van der Waals surface area contributed by atoms with Crippen molar-refractivity contribution in [1.82, 2.24) is 5.32 Å². The van der Waals surface area contributed by atoms with Gasteiger partial charge in [0.25, 0.3) is 0 Å². The van der Waals surface area contributed by atoms with Crippen LogP contribution in [0.5, 0.6) is 5.75 Å². The molecule has 2 aromatic rings. The van der Waals surface area contributed by atoms with Gasteiger partial charge < -0.3 is 14.5 Å². The number of amides is 1. The number of nitrogens with one attached hydrogen (secondary N) is 1. The Morgan fingerprint density at radius 2 is 2.04 bits per heavy atom. The second-order valence-electron chi connectivity index (χ2n) is 6.14. The van der Waals surface area contributed by atoms with E-state index in [1.54, 1.807) is 0 Å². The van der Waals surface area contributed by atoms with Crippen molar-refractivity contribution in [2.45, 2.75) is 32.1 Å². The molecule has 0 saturated heterocycles. The highest BCUT2D eigenvalue weighted by Gasteiger charge is 2.36. The molecule has 1 N–H and O–H groups in total. The number of ether oxygens (including phenoxy) is 1. The van der Waals surface area contributed by atoms with Gasteiger partial charge in [-0.05, 0) is 36.6 Å². The average Bonchev–Trinajstić information content (AvgIpc) is 3.11. The molecule has 1 saturated carbocycles. The molecule has 0 spiro atoms. The van der Waals surface area contributed by atoms with Crippen LogP contribution < -0.4 is 10.1 Å². The number of carbonyl (C=O) groups is 1. The topological polar surface area (TPSA) is 51.5 Å². The van der Waals surface area contributed by atoms with Crippen molar-refractivity contribution < 1.29 is 13.9 Å². The van der Waals surface area contributed by atoms with Crippen molar-refractivity contribution in [1.29, 1.82) is 0 Å². The zero-order valence-electron chi connectivity index (χ0n) is 13.5. The molecule has 4 nitrogen and oxygen atoms in total. The van der Waals surface area contributed by atoms with Gasteiger partial charge in [0.15, 0.2) is 0 Å². The van der Waals surface area contributed by atoms with Gasteiger partial charge in [0.2, 0.25) is 5.91 Å². The first kappa shape index (κ1) is 15.7. The van der Waals surface area contributed by atoms with E-state index < -0.39 is 0 Å². The van der Waals surface area contributed by atoms with Gasteiger partial charge in [-0.2, -0.15) is 0 Å². The highest BCUT2D eigenvalue weighted by Crippen LogP contribution is 2.47. The van der Waals surface area contributed by atoms with Crippen molar-refractivity contribution >= 4 is 5.91 Å². The lowest BCUT2D eigenvalue weighted by Gasteiger charge is -2.07. The van der Waals surface area contributed by atoms with Crippen LogP contribution in [-0.2, 0) is 11.2 Å². The molecule has 0 aliphatic heterocycles. The number of furan rings is 1. The maximum absolute atomic E-state index is 11.8. The van der Waals surface area contributed by atoms with Crippen LogP contribution >= 0.6 is 0 Å². The molecular formula is C19H23NO3. The van der Waals surface area contributed by atoms with Gasteiger partial charge in [0.05, 0.1) is 6.54 Å². The van der Waals surface area contributed by atoms with E-state index in [1.165, 1.54) is 6.42 Å². The number of rotatable bonds is 8. The molecule has 0 radical (unpaired) electrons. The van der Waals surface area contributed by atoms with Crippen molar-refractivity contribution in [2.75, 3.05) is 13.2 Å². The van der Waals surface area contributed by atoms with Crippen LogP contribution in [-0.4, -0.2) is 19.1 Å². The fraction of sp³-hybridized carbons (Fsp3) is 0.421. The summed E-state index contributed by atoms with van der Waals surface area (Å²) in [6, 6.07) is 13.6. The third-order valence-electron chi connectivity index (χ3n) is 4.19. The number of aryl methyl sites for hydroxylation is 1. The van der Waals surface area contributed by atoms with E-state index in [9.17, 15) is 4.79 Å². The second kappa shape index (κ2) is 7.36. The predicted molar refractivity (Wildman–Crippen MR) is 88.5 cm³/mol. The Balaban J connectivity index is 1.31. The lowest BCUT2D eigenvalue weighted by molar-refractivity contribution is -0.121. The van der Waals surface area contributed by atoms with Gasteiger partial charge in [-0.3, -0.25) is 4.79 Å². The van der Waals surface area contributed by atoms with E-state index in [2.05, 4.69) is 18.3 Å². The van der Waals surface area contributed by atoms with Crippen LogP contribution in [0.1, 0.15) is 37.2 Å². The van der Waals surface area contributed by atoms with E-state index in [0.717, 1.165) is 23.2 Å². The van der Waals surface area contributed by atoms with E-state index in [4.69, 9.17) is 9.15 Å². The fourth-order valence-corrected chi connectivity index (χ4v) is 2.65. The molecule has 122 valence electrons. The van der Waals surface area contributed by atoms with E-state index in [-0.39, 0.29) is 5.91 Å². The Labute approximate surface area is 136 Å². The highest BCUT2D eigenvalue weighted by molar-refractivity contribution is 5.76. The summed E-state index contributed by atoms with van der Waals surface area (Å²) < 4.78 is 11.3. The van der Waals surface area contributed by atoms with E-state index in [1.807, 2.05) is 36.4 Å². The number of hydrogen-bond acceptors (Lipinski definition) is 3. The molecule has 1 aromatic carbocycles. The minimum atomic E-state index is 0.0272. The maximum Gasteiger partial charge on any atom is 0.220 e. The molecule has 3 rings (SSSR count). The summed E-state index contributed by atoms with van der Waals surface area (Å²) in [5.74, 6) is 4.15. The first-order chi connectivity index (χ1) is 11.2. The number of carbonyl (C=O) groups excluding carboxylic acids is 1. The summed E-state index contributed by atoms with van der Waals surface area (Å²) in [6.45, 7) is 3.22. The van der Waals surface area contributed by atoms with Crippen molar-refractivity contribution in [2.24, 2.45) is 5.92 Å². The molecule has 1 aromatic heterocycles. The molecule has 1 heterocycles. The zero-order chi connectivity index (χ0) is 16.1. The van der Waals surface area contributed by atoms with Crippen molar-refractivity contribution in [3.63, 3.8) is 0 Å². The first-order valence-corrected chi connectivity index (χ1v) is 8.25. The summed E-state index contributed by atoms with van der Waals surface area (Å²) in [5, 5.41) is 2.87.